The number of amides is 1. The Kier molecular flexibility index (Phi) is 6.23. The van der Waals surface area contributed by atoms with E-state index in [9.17, 15) is 9.59 Å². The number of carbonyl (C=O) groups is 1. The molecule has 4 aromatic rings. The van der Waals surface area contributed by atoms with Crippen molar-refractivity contribution < 1.29 is 9.53 Å². The molecule has 0 spiro atoms. The molecule has 1 saturated heterocycles. The van der Waals surface area contributed by atoms with Crippen LogP contribution in [0.1, 0.15) is 30.0 Å². The number of benzene rings is 2. The summed E-state index contributed by atoms with van der Waals surface area (Å²) in [5, 5.41) is 10.7. The Bertz CT molecular complexity index is 1370. The highest BCUT2D eigenvalue weighted by atomic mass is 32.1. The van der Waals surface area contributed by atoms with E-state index < -0.39 is 5.91 Å². The molecule has 5 rings (SSSR count). The first-order valence-corrected chi connectivity index (χ1v) is 12.1. The highest BCUT2D eigenvalue weighted by Crippen LogP contribution is 2.21. The molecule has 0 aliphatic carbocycles. The number of para-hydroxylation sites is 1. The molecule has 2 aromatic carbocycles. The molecular weight excluding hydrogens is 450 g/mol. The van der Waals surface area contributed by atoms with E-state index in [-0.39, 0.29) is 23.5 Å². The van der Waals surface area contributed by atoms with Gasteiger partial charge in [-0.15, -0.1) is 11.3 Å². The molecule has 0 bridgehead atoms. The van der Waals surface area contributed by atoms with Crippen LogP contribution in [0.15, 0.2) is 64.8 Å². The van der Waals surface area contributed by atoms with E-state index in [4.69, 9.17) is 4.74 Å². The number of hydrogen-bond donors (Lipinski definition) is 1. The van der Waals surface area contributed by atoms with Crippen LogP contribution in [0.25, 0.3) is 16.5 Å². The van der Waals surface area contributed by atoms with Crippen molar-refractivity contribution >= 4 is 33.1 Å². The number of nitrogens with one attached hydrogen (secondary N) is 1. The van der Waals surface area contributed by atoms with Gasteiger partial charge in [0.15, 0.2) is 10.8 Å². The second-order valence-corrected chi connectivity index (χ2v) is 9.35. The van der Waals surface area contributed by atoms with Crippen molar-refractivity contribution in [1.29, 1.82) is 0 Å². The Balaban J connectivity index is 1.41. The van der Waals surface area contributed by atoms with Gasteiger partial charge in [-0.25, -0.2) is 4.98 Å². The molecule has 0 unspecified atom stereocenters. The summed E-state index contributed by atoms with van der Waals surface area (Å²) in [5.74, 6) is -0.407. The molecule has 2 aromatic heterocycles. The number of morpholine rings is 1. The number of nitrogens with zero attached hydrogens (tertiary/aromatic N) is 4. The quantitative estimate of drug-likeness (QED) is 0.473. The molecule has 3 heterocycles. The van der Waals surface area contributed by atoms with Crippen molar-refractivity contribution in [3.05, 3.63) is 81.7 Å². The molecule has 1 fully saturated rings. The molecule has 8 nitrogen and oxygen atoms in total. The van der Waals surface area contributed by atoms with Crippen molar-refractivity contribution in [3.63, 3.8) is 0 Å². The summed E-state index contributed by atoms with van der Waals surface area (Å²) in [4.78, 5) is 33.2. The average molecular weight is 476 g/mol. The van der Waals surface area contributed by atoms with Crippen LogP contribution in [0.4, 0.5) is 5.13 Å². The van der Waals surface area contributed by atoms with E-state index >= 15 is 0 Å². The van der Waals surface area contributed by atoms with Gasteiger partial charge >= 0.3 is 0 Å². The maximum atomic E-state index is 13.3. The monoisotopic (exact) mass is 475 g/mol. The minimum atomic E-state index is -0.407. The third kappa shape index (κ3) is 4.63. The van der Waals surface area contributed by atoms with Gasteiger partial charge in [-0.1, -0.05) is 36.4 Å². The number of hydrogen-bond acceptors (Lipinski definition) is 7. The first-order chi connectivity index (χ1) is 16.5. The van der Waals surface area contributed by atoms with Crippen LogP contribution in [0.2, 0.25) is 0 Å². The number of ether oxygens (including phenoxy) is 1. The van der Waals surface area contributed by atoms with Crippen LogP contribution in [-0.4, -0.2) is 50.9 Å². The normalized spacial score (nSPS) is 18.8. The Labute approximate surface area is 200 Å². The maximum Gasteiger partial charge on any atom is 0.279 e. The molecule has 1 amide bonds. The molecule has 1 N–H and O–H groups in total. The predicted octanol–water partition coefficient (Wildman–Crippen LogP) is 3.70. The molecule has 1 aliphatic rings. The van der Waals surface area contributed by atoms with Gasteiger partial charge in [0, 0.05) is 30.4 Å². The third-order valence-electron chi connectivity index (χ3n) is 5.67. The lowest BCUT2D eigenvalue weighted by atomic mass is 10.1. The molecule has 0 saturated carbocycles. The fraction of sp³-hybridized carbons (Fsp3) is 0.280. The summed E-state index contributed by atoms with van der Waals surface area (Å²) in [6, 6.07) is 16.1. The maximum absolute atomic E-state index is 13.3. The summed E-state index contributed by atoms with van der Waals surface area (Å²) in [6.45, 7) is 6.54. The smallest absolute Gasteiger partial charge is 0.279 e. The summed E-state index contributed by atoms with van der Waals surface area (Å²) >= 11 is 1.37. The van der Waals surface area contributed by atoms with Crippen LogP contribution in [0.5, 0.6) is 0 Å². The summed E-state index contributed by atoms with van der Waals surface area (Å²) < 4.78 is 7.07. The van der Waals surface area contributed by atoms with Crippen LogP contribution in [0.3, 0.4) is 0 Å². The van der Waals surface area contributed by atoms with Gasteiger partial charge in [0.25, 0.3) is 11.5 Å². The first kappa shape index (κ1) is 22.4. The lowest BCUT2D eigenvalue weighted by molar-refractivity contribution is -0.0707. The summed E-state index contributed by atoms with van der Waals surface area (Å²) in [5.41, 5.74) is 1.39. The predicted molar refractivity (Wildman–Crippen MR) is 133 cm³/mol. The minimum Gasteiger partial charge on any atom is -0.373 e. The van der Waals surface area contributed by atoms with Gasteiger partial charge in [0.05, 0.1) is 29.0 Å². The molecule has 2 atom stereocenters. The van der Waals surface area contributed by atoms with E-state index in [1.165, 1.54) is 16.0 Å². The number of aromatic nitrogens is 3. The van der Waals surface area contributed by atoms with E-state index in [0.29, 0.717) is 28.1 Å². The lowest BCUT2D eigenvalue weighted by Gasteiger charge is -2.34. The fourth-order valence-corrected chi connectivity index (χ4v) is 5.03. The Hall–Kier alpha value is -3.40. The summed E-state index contributed by atoms with van der Waals surface area (Å²) in [7, 11) is 0. The third-order valence-corrected chi connectivity index (χ3v) is 6.48. The van der Waals surface area contributed by atoms with Gasteiger partial charge < -0.3 is 4.74 Å². The Morgan fingerprint density at radius 1 is 1.06 bits per heavy atom. The van der Waals surface area contributed by atoms with Gasteiger partial charge in [0.1, 0.15) is 0 Å². The molecular formula is C25H25N5O3S. The van der Waals surface area contributed by atoms with Gasteiger partial charge in [-0.2, -0.15) is 9.78 Å². The van der Waals surface area contributed by atoms with Crippen LogP contribution in [0, 0.1) is 0 Å². The Morgan fingerprint density at radius 2 is 1.74 bits per heavy atom. The number of carbonyl (C=O) groups excluding carboxylic acids is 1. The van der Waals surface area contributed by atoms with E-state index in [2.05, 4.69) is 34.1 Å². The SMILES string of the molecule is C[C@@H]1CN(Cc2csc(NC(=O)c3nn(-c4ccccc4)c(=O)c4ccccc34)n2)C[C@H](C)O1. The van der Waals surface area contributed by atoms with Crippen molar-refractivity contribution in [3.8, 4) is 5.69 Å². The highest BCUT2D eigenvalue weighted by molar-refractivity contribution is 7.14. The number of anilines is 1. The minimum absolute atomic E-state index is 0.173. The van der Waals surface area contributed by atoms with Crippen LogP contribution >= 0.6 is 11.3 Å². The molecule has 0 radical (unpaired) electrons. The molecule has 9 heteroatoms. The largest absolute Gasteiger partial charge is 0.373 e. The fourth-order valence-electron chi connectivity index (χ4n) is 4.34. The van der Waals surface area contributed by atoms with E-state index in [1.54, 1.807) is 36.4 Å². The lowest BCUT2D eigenvalue weighted by Crippen LogP contribution is -2.44. The zero-order chi connectivity index (χ0) is 23.7. The van der Waals surface area contributed by atoms with Crippen LogP contribution < -0.4 is 10.9 Å². The van der Waals surface area contributed by atoms with E-state index in [1.807, 2.05) is 23.6 Å². The second-order valence-electron chi connectivity index (χ2n) is 8.50. The standard InChI is InChI=1S/C25H25N5O3S/c1-16-12-29(13-17(2)33-16)14-18-15-34-25(26-18)27-23(31)22-20-10-6-7-11-21(20)24(32)30(28-22)19-8-4-3-5-9-19/h3-11,15-17H,12-14H2,1-2H3,(H,26,27,31)/t16-,17+. The number of thiazole rings is 1. The number of fused-ring (bicyclic) bond motifs is 1. The highest BCUT2D eigenvalue weighted by Gasteiger charge is 2.23. The van der Waals surface area contributed by atoms with E-state index in [0.717, 1.165) is 18.8 Å². The first-order valence-electron chi connectivity index (χ1n) is 11.2. The zero-order valence-electron chi connectivity index (χ0n) is 19.0. The number of rotatable bonds is 5. The topological polar surface area (TPSA) is 89.4 Å². The van der Waals surface area contributed by atoms with Crippen LogP contribution in [-0.2, 0) is 11.3 Å². The molecule has 1 aliphatic heterocycles. The van der Waals surface area contributed by atoms with Crippen molar-refractivity contribution in [2.45, 2.75) is 32.6 Å². The van der Waals surface area contributed by atoms with Gasteiger partial charge in [-0.3, -0.25) is 19.8 Å². The van der Waals surface area contributed by atoms with Crippen molar-refractivity contribution in [1.82, 2.24) is 19.7 Å². The molecule has 174 valence electrons. The van der Waals surface area contributed by atoms with Crippen molar-refractivity contribution in [2.24, 2.45) is 0 Å². The Morgan fingerprint density at radius 3 is 2.47 bits per heavy atom. The van der Waals surface area contributed by atoms with Crippen molar-refractivity contribution in [2.75, 3.05) is 18.4 Å². The van der Waals surface area contributed by atoms with Gasteiger partial charge in [0.2, 0.25) is 0 Å². The molecule has 34 heavy (non-hydrogen) atoms. The summed E-state index contributed by atoms with van der Waals surface area (Å²) in [6.07, 6.45) is 0.363. The van der Waals surface area contributed by atoms with Gasteiger partial charge in [-0.05, 0) is 32.0 Å². The second kappa shape index (κ2) is 9.46. The average Bonchev–Trinajstić information content (AvgIpc) is 3.25. The zero-order valence-corrected chi connectivity index (χ0v) is 19.8.